The Labute approximate surface area is 186 Å². The maximum Gasteiger partial charge on any atom is 0.273 e. The second kappa shape index (κ2) is 8.90. The minimum absolute atomic E-state index is 0.126. The van der Waals surface area contributed by atoms with Crippen LogP contribution in [0.4, 0.5) is 0 Å². The number of nitrogens with zero attached hydrogens (tertiary/aromatic N) is 2. The van der Waals surface area contributed by atoms with Gasteiger partial charge >= 0.3 is 0 Å². The molecule has 2 aromatic heterocycles. The average molecular weight is 418 g/mol. The van der Waals surface area contributed by atoms with Gasteiger partial charge in [-0.1, -0.05) is 78.9 Å². The lowest BCUT2D eigenvalue weighted by molar-refractivity contribution is 0.0712. The fourth-order valence-corrected chi connectivity index (χ4v) is 3.79. The predicted octanol–water partition coefficient (Wildman–Crippen LogP) is 6.34. The SMILES string of the molecule is O=C(c1ccc2ccccc2n1)N(Cc1ccc(-c2ccccc2)cc1)Cc1ccco1. The molecule has 156 valence electrons. The summed E-state index contributed by atoms with van der Waals surface area (Å²) < 4.78 is 5.52. The third kappa shape index (κ3) is 4.30. The van der Waals surface area contributed by atoms with Gasteiger partial charge in [0.25, 0.3) is 5.91 Å². The first kappa shape index (κ1) is 19.8. The van der Waals surface area contributed by atoms with Gasteiger partial charge in [-0.2, -0.15) is 0 Å². The number of benzene rings is 3. The molecule has 0 spiro atoms. The third-order valence-electron chi connectivity index (χ3n) is 5.47. The molecule has 5 rings (SSSR count). The molecule has 2 heterocycles. The van der Waals surface area contributed by atoms with Crippen molar-refractivity contribution in [1.29, 1.82) is 0 Å². The summed E-state index contributed by atoms with van der Waals surface area (Å²) in [5, 5.41) is 1.01. The molecule has 32 heavy (non-hydrogen) atoms. The molecule has 3 aromatic carbocycles. The van der Waals surface area contributed by atoms with Crippen LogP contribution in [0.25, 0.3) is 22.0 Å². The molecule has 0 bridgehead atoms. The van der Waals surface area contributed by atoms with Crippen molar-refractivity contribution >= 4 is 16.8 Å². The molecule has 4 nitrogen and oxygen atoms in total. The van der Waals surface area contributed by atoms with Crippen LogP contribution in [-0.2, 0) is 13.1 Å². The number of hydrogen-bond donors (Lipinski definition) is 0. The third-order valence-corrected chi connectivity index (χ3v) is 5.47. The molecule has 5 aromatic rings. The molecule has 0 aliphatic heterocycles. The van der Waals surface area contributed by atoms with Crippen molar-refractivity contribution in [3.63, 3.8) is 0 Å². The Kier molecular flexibility index (Phi) is 5.50. The first-order chi connectivity index (χ1) is 15.8. The first-order valence-electron chi connectivity index (χ1n) is 10.6. The van der Waals surface area contributed by atoms with Crippen LogP contribution in [0.1, 0.15) is 21.8 Å². The Bertz CT molecular complexity index is 1330. The lowest BCUT2D eigenvalue weighted by Crippen LogP contribution is -2.30. The molecule has 4 heteroatoms. The topological polar surface area (TPSA) is 46.3 Å². The van der Waals surface area contributed by atoms with Crippen molar-refractivity contribution < 1.29 is 9.21 Å². The number of furan rings is 1. The number of para-hydroxylation sites is 1. The fourth-order valence-electron chi connectivity index (χ4n) is 3.79. The Balaban J connectivity index is 1.42. The molecule has 0 aliphatic rings. The van der Waals surface area contributed by atoms with E-state index in [1.807, 2.05) is 60.7 Å². The van der Waals surface area contributed by atoms with Gasteiger partial charge in [0.15, 0.2) is 0 Å². The van der Waals surface area contributed by atoms with Crippen LogP contribution in [0.5, 0.6) is 0 Å². The van der Waals surface area contributed by atoms with Crippen molar-refractivity contribution in [2.75, 3.05) is 0 Å². The van der Waals surface area contributed by atoms with Crippen LogP contribution < -0.4 is 0 Å². The van der Waals surface area contributed by atoms with E-state index in [0.717, 1.165) is 27.8 Å². The van der Waals surface area contributed by atoms with Gasteiger partial charge in [0, 0.05) is 11.9 Å². The van der Waals surface area contributed by atoms with Gasteiger partial charge < -0.3 is 9.32 Å². The van der Waals surface area contributed by atoms with Gasteiger partial charge in [-0.15, -0.1) is 0 Å². The number of pyridine rings is 1. The van der Waals surface area contributed by atoms with Crippen LogP contribution in [-0.4, -0.2) is 15.8 Å². The van der Waals surface area contributed by atoms with Gasteiger partial charge in [0.05, 0.1) is 18.3 Å². The smallest absolute Gasteiger partial charge is 0.273 e. The molecule has 1 amide bonds. The summed E-state index contributed by atoms with van der Waals surface area (Å²) in [4.78, 5) is 19.8. The molecule has 0 N–H and O–H groups in total. The second-order valence-corrected chi connectivity index (χ2v) is 7.69. The molecule has 0 aliphatic carbocycles. The van der Waals surface area contributed by atoms with E-state index in [9.17, 15) is 4.79 Å². The van der Waals surface area contributed by atoms with Gasteiger partial charge in [0.2, 0.25) is 0 Å². The standard InChI is InChI=1S/C28H22N2O2/c31-28(27-17-16-24-9-4-5-11-26(24)29-27)30(20-25-10-6-18-32-25)19-21-12-14-23(15-13-21)22-7-2-1-3-8-22/h1-18H,19-20H2. The van der Waals surface area contributed by atoms with Crippen molar-refractivity contribution in [2.24, 2.45) is 0 Å². The van der Waals surface area contributed by atoms with Crippen LogP contribution in [0.2, 0.25) is 0 Å². The molecule has 0 saturated heterocycles. The summed E-state index contributed by atoms with van der Waals surface area (Å²) in [7, 11) is 0. The number of hydrogen-bond acceptors (Lipinski definition) is 3. The zero-order chi connectivity index (χ0) is 21.8. The summed E-state index contributed by atoms with van der Waals surface area (Å²) in [6.45, 7) is 0.837. The average Bonchev–Trinajstić information content (AvgIpc) is 3.37. The van der Waals surface area contributed by atoms with Gasteiger partial charge in [-0.3, -0.25) is 4.79 Å². The highest BCUT2D eigenvalue weighted by Crippen LogP contribution is 2.21. The van der Waals surface area contributed by atoms with E-state index < -0.39 is 0 Å². The monoisotopic (exact) mass is 418 g/mol. The van der Waals surface area contributed by atoms with Gasteiger partial charge in [-0.25, -0.2) is 4.98 Å². The minimum Gasteiger partial charge on any atom is -0.467 e. The Morgan fingerprint density at radius 2 is 1.47 bits per heavy atom. The molecule has 0 radical (unpaired) electrons. The normalized spacial score (nSPS) is 10.9. The lowest BCUT2D eigenvalue weighted by Gasteiger charge is -2.22. The summed E-state index contributed by atoms with van der Waals surface area (Å²) in [6, 6.07) is 33.8. The first-order valence-corrected chi connectivity index (χ1v) is 10.6. The highest BCUT2D eigenvalue weighted by atomic mass is 16.3. The molecule has 0 fully saturated rings. The van der Waals surface area contributed by atoms with E-state index in [2.05, 4.69) is 41.4 Å². The lowest BCUT2D eigenvalue weighted by atomic mass is 10.0. The van der Waals surface area contributed by atoms with Crippen molar-refractivity contribution in [3.8, 4) is 11.1 Å². The number of carbonyl (C=O) groups excluding carboxylic acids is 1. The minimum atomic E-state index is -0.126. The van der Waals surface area contributed by atoms with Gasteiger partial charge in [-0.05, 0) is 41.0 Å². The van der Waals surface area contributed by atoms with Gasteiger partial charge in [0.1, 0.15) is 11.5 Å². The van der Waals surface area contributed by atoms with E-state index in [1.165, 1.54) is 5.56 Å². The van der Waals surface area contributed by atoms with Crippen LogP contribution >= 0.6 is 0 Å². The van der Waals surface area contributed by atoms with E-state index in [-0.39, 0.29) is 5.91 Å². The molecular weight excluding hydrogens is 396 g/mol. The summed E-state index contributed by atoms with van der Waals surface area (Å²) in [6.07, 6.45) is 1.63. The van der Waals surface area contributed by atoms with Crippen molar-refractivity contribution in [1.82, 2.24) is 9.88 Å². The number of rotatable bonds is 6. The Morgan fingerprint density at radius 3 is 2.25 bits per heavy atom. The van der Waals surface area contributed by atoms with Crippen molar-refractivity contribution in [3.05, 3.63) is 126 Å². The number of carbonyl (C=O) groups is 1. The van der Waals surface area contributed by atoms with E-state index >= 15 is 0 Å². The van der Waals surface area contributed by atoms with E-state index in [1.54, 1.807) is 17.2 Å². The number of amides is 1. The van der Waals surface area contributed by atoms with Crippen LogP contribution in [0.15, 0.2) is 114 Å². The predicted molar refractivity (Wildman–Crippen MR) is 126 cm³/mol. The Morgan fingerprint density at radius 1 is 0.719 bits per heavy atom. The summed E-state index contributed by atoms with van der Waals surface area (Å²) in [5.41, 5.74) is 4.60. The quantitative estimate of drug-likeness (QED) is 0.323. The largest absolute Gasteiger partial charge is 0.467 e. The number of aromatic nitrogens is 1. The van der Waals surface area contributed by atoms with Crippen LogP contribution in [0.3, 0.4) is 0 Å². The molecule has 0 saturated carbocycles. The molecule has 0 unspecified atom stereocenters. The van der Waals surface area contributed by atoms with E-state index in [4.69, 9.17) is 4.42 Å². The van der Waals surface area contributed by atoms with E-state index in [0.29, 0.717) is 18.8 Å². The molecule has 0 atom stereocenters. The zero-order valence-electron chi connectivity index (χ0n) is 17.5. The fraction of sp³-hybridized carbons (Fsp3) is 0.0714. The molecular formula is C28H22N2O2. The number of fused-ring (bicyclic) bond motifs is 1. The zero-order valence-corrected chi connectivity index (χ0v) is 17.5. The second-order valence-electron chi connectivity index (χ2n) is 7.69. The highest BCUT2D eigenvalue weighted by Gasteiger charge is 2.19. The maximum atomic E-state index is 13.4. The maximum absolute atomic E-state index is 13.4. The highest BCUT2D eigenvalue weighted by molar-refractivity contribution is 5.94. The Hall–Kier alpha value is -4.18. The van der Waals surface area contributed by atoms with Crippen LogP contribution in [0, 0.1) is 0 Å². The summed E-state index contributed by atoms with van der Waals surface area (Å²) in [5.74, 6) is 0.610. The van der Waals surface area contributed by atoms with Crippen molar-refractivity contribution in [2.45, 2.75) is 13.1 Å². The summed E-state index contributed by atoms with van der Waals surface area (Å²) >= 11 is 0.